The molecule has 0 saturated heterocycles. The van der Waals surface area contributed by atoms with E-state index < -0.39 is 43.2 Å². The van der Waals surface area contributed by atoms with Crippen LogP contribution < -0.4 is 0 Å². The first-order valence-corrected chi connectivity index (χ1v) is 5.91. The van der Waals surface area contributed by atoms with Crippen molar-refractivity contribution in [1.82, 2.24) is 0 Å². The van der Waals surface area contributed by atoms with E-state index in [1.165, 1.54) is 0 Å². The second-order valence-electron chi connectivity index (χ2n) is 3.04. The zero-order chi connectivity index (χ0) is 15.9. The van der Waals surface area contributed by atoms with Crippen molar-refractivity contribution in [1.29, 1.82) is 0 Å². The van der Waals surface area contributed by atoms with Crippen LogP contribution in [0.1, 0.15) is 13.8 Å². The van der Waals surface area contributed by atoms with Crippen molar-refractivity contribution in [2.45, 2.75) is 13.8 Å². The third-order valence-corrected chi connectivity index (χ3v) is 2.31. The lowest BCUT2D eigenvalue weighted by atomic mass is 10.3. The van der Waals surface area contributed by atoms with Crippen LogP contribution >= 0.6 is 8.25 Å². The van der Waals surface area contributed by atoms with Crippen LogP contribution in [-0.2, 0) is 32.8 Å². The largest absolute Gasteiger partial charge is 0.441 e. The molecule has 0 atom stereocenters. The average Bonchev–Trinajstić information content (AvgIpc) is 2.28. The van der Waals surface area contributed by atoms with Crippen LogP contribution in [0.25, 0.3) is 11.1 Å². The van der Waals surface area contributed by atoms with Gasteiger partial charge >= 0.3 is 31.6 Å². The summed E-state index contributed by atoms with van der Waals surface area (Å²) in [6, 6.07) is 0. The minimum absolute atomic E-state index is 0.867. The maximum Gasteiger partial charge on any atom is 0.441 e. The summed E-state index contributed by atoms with van der Waals surface area (Å²) in [5, 5.41) is 0. The minimum Gasteiger partial charge on any atom is -0.376 e. The van der Waals surface area contributed by atoms with Crippen molar-refractivity contribution < 1.29 is 42.4 Å². The lowest BCUT2D eigenvalue weighted by molar-refractivity contribution is -0.136. The quantitative estimate of drug-likeness (QED) is 0.198. The highest BCUT2D eigenvalue weighted by Crippen LogP contribution is 2.24. The molecule has 12 heteroatoms. The molecule has 0 unspecified atom stereocenters. The van der Waals surface area contributed by atoms with Gasteiger partial charge in [-0.3, -0.25) is 9.59 Å². The van der Waals surface area contributed by atoms with Gasteiger partial charge in [-0.25, -0.2) is 14.2 Å². The molecule has 0 heterocycles. The van der Waals surface area contributed by atoms with Gasteiger partial charge in [-0.2, -0.15) is 9.58 Å². The molecule has 0 fully saturated rings. The smallest absolute Gasteiger partial charge is 0.376 e. The van der Waals surface area contributed by atoms with E-state index in [-0.39, 0.29) is 0 Å². The molecule has 0 aromatic heterocycles. The lowest BCUT2D eigenvalue weighted by Gasteiger charge is -2.00. The monoisotopic (exact) mass is 302 g/mol. The molecule has 0 bridgehead atoms. The molecule has 0 aliphatic carbocycles. The molecule has 0 aliphatic rings. The van der Waals surface area contributed by atoms with Crippen LogP contribution in [0.4, 0.5) is 0 Å². The van der Waals surface area contributed by atoms with E-state index in [2.05, 4.69) is 18.6 Å². The normalized spacial score (nSPS) is 10.3. The van der Waals surface area contributed by atoms with Crippen molar-refractivity contribution in [3.05, 3.63) is 11.1 Å². The highest BCUT2D eigenvalue weighted by atomic mass is 31.1. The standard InChI is InChI=1S/C8H7N4O7P/c1-3(13)5(11-9)7(15)18-20(17)19-8(16)6(12-10)4(2)14/h20H,1-2H3. The van der Waals surface area contributed by atoms with Crippen LogP contribution in [0.2, 0.25) is 0 Å². The van der Waals surface area contributed by atoms with Gasteiger partial charge in [0, 0.05) is 13.8 Å². The Morgan fingerprint density at radius 1 is 0.850 bits per heavy atom. The van der Waals surface area contributed by atoms with Crippen molar-refractivity contribution in [2.24, 2.45) is 0 Å². The molecular formula is C8H7N4O7P. The second kappa shape index (κ2) is 7.65. The van der Waals surface area contributed by atoms with E-state index in [0.29, 0.717) is 0 Å². The summed E-state index contributed by atoms with van der Waals surface area (Å²) in [7, 11) is -3.80. The second-order valence-corrected chi connectivity index (χ2v) is 3.95. The number of ketones is 2. The lowest BCUT2D eigenvalue weighted by Crippen LogP contribution is -2.26. The van der Waals surface area contributed by atoms with Gasteiger partial charge in [-0.15, -0.1) is 0 Å². The van der Waals surface area contributed by atoms with E-state index in [0.717, 1.165) is 13.8 Å². The molecule has 0 rings (SSSR count). The van der Waals surface area contributed by atoms with E-state index in [9.17, 15) is 23.7 Å². The highest BCUT2D eigenvalue weighted by molar-refractivity contribution is 7.35. The summed E-state index contributed by atoms with van der Waals surface area (Å²) in [6.07, 6.45) is 0. The van der Waals surface area contributed by atoms with Crippen LogP contribution in [0.3, 0.4) is 0 Å². The van der Waals surface area contributed by atoms with Gasteiger partial charge in [0.2, 0.25) is 11.6 Å². The molecule has 0 aromatic carbocycles. The summed E-state index contributed by atoms with van der Waals surface area (Å²) in [6.45, 7) is 1.73. The fourth-order valence-electron chi connectivity index (χ4n) is 0.779. The van der Waals surface area contributed by atoms with Gasteiger partial charge in [0.15, 0.2) is 0 Å². The van der Waals surface area contributed by atoms with Crippen molar-refractivity contribution in [3.63, 3.8) is 0 Å². The number of hydrogen-bond acceptors (Lipinski definition) is 7. The summed E-state index contributed by atoms with van der Waals surface area (Å²) in [5.41, 5.74) is 14.5. The van der Waals surface area contributed by atoms with Gasteiger partial charge < -0.3 is 20.1 Å². The third-order valence-electron chi connectivity index (χ3n) is 1.61. The number of Topliss-reactive ketones (excluding diaryl/α,β-unsaturated/α-hetero) is 2. The zero-order valence-electron chi connectivity index (χ0n) is 10.1. The van der Waals surface area contributed by atoms with Crippen molar-refractivity contribution in [2.75, 3.05) is 0 Å². The minimum atomic E-state index is -3.80. The Kier molecular flexibility index (Phi) is 6.61. The summed E-state index contributed by atoms with van der Waals surface area (Å²) < 4.78 is 19.2. The molecule has 20 heavy (non-hydrogen) atoms. The summed E-state index contributed by atoms with van der Waals surface area (Å²) >= 11 is 0. The fourth-order valence-corrected chi connectivity index (χ4v) is 1.32. The van der Waals surface area contributed by atoms with Gasteiger partial charge in [0.1, 0.15) is 0 Å². The van der Waals surface area contributed by atoms with Gasteiger partial charge in [-0.05, 0) is 0 Å². The number of rotatable bonds is 6. The van der Waals surface area contributed by atoms with Crippen LogP contribution in [0.15, 0.2) is 0 Å². The predicted octanol–water partition coefficient (Wildman–Crippen LogP) is -1.02. The van der Waals surface area contributed by atoms with Crippen molar-refractivity contribution in [3.8, 4) is 0 Å². The fraction of sp³-hybridized carbons (Fsp3) is 0.250. The van der Waals surface area contributed by atoms with Gasteiger partial charge in [0.05, 0.1) is 0 Å². The molecule has 0 aliphatic heterocycles. The maximum atomic E-state index is 11.2. The first-order chi connectivity index (χ1) is 9.24. The van der Waals surface area contributed by atoms with Gasteiger partial charge in [0.25, 0.3) is 0 Å². The number of nitrogens with zero attached hydrogens (tertiary/aromatic N) is 4. The third kappa shape index (κ3) is 4.87. The zero-order valence-corrected chi connectivity index (χ0v) is 11.1. The summed E-state index contributed by atoms with van der Waals surface area (Å²) in [4.78, 5) is 48.4. The number of hydrogen-bond donors (Lipinski definition) is 0. The van der Waals surface area contributed by atoms with E-state index in [4.69, 9.17) is 11.1 Å². The Morgan fingerprint density at radius 3 is 1.35 bits per heavy atom. The molecule has 0 spiro atoms. The number of carbonyl (C=O) groups is 4. The summed E-state index contributed by atoms with van der Waals surface area (Å²) in [5.74, 6) is -5.16. The van der Waals surface area contributed by atoms with Gasteiger partial charge in [-0.1, -0.05) is 0 Å². The van der Waals surface area contributed by atoms with Crippen LogP contribution in [0, 0.1) is 0 Å². The average molecular weight is 302 g/mol. The topological polar surface area (TPSA) is 177 Å². The molecular weight excluding hydrogens is 295 g/mol. The predicted molar refractivity (Wildman–Crippen MR) is 59.8 cm³/mol. The Morgan fingerprint density at radius 2 is 1.15 bits per heavy atom. The first kappa shape index (κ1) is 17.3. The molecule has 0 amide bonds. The van der Waals surface area contributed by atoms with Crippen LogP contribution in [0.5, 0.6) is 0 Å². The first-order valence-electron chi connectivity index (χ1n) is 4.68. The molecule has 0 saturated carbocycles. The van der Waals surface area contributed by atoms with E-state index in [1.54, 1.807) is 0 Å². The maximum absolute atomic E-state index is 11.2. The molecule has 0 aromatic rings. The molecule has 11 nitrogen and oxygen atoms in total. The Bertz CT molecular complexity index is 560. The molecule has 0 radical (unpaired) electrons. The van der Waals surface area contributed by atoms with E-state index >= 15 is 0 Å². The SMILES string of the molecule is CC(=O)C(=[N+]=[N-])C(=O)O[PH](=O)OC(=O)C(=[N+]=[N-])C(C)=O. The Balaban J connectivity index is 4.83. The van der Waals surface area contributed by atoms with Crippen molar-refractivity contribution >= 4 is 43.2 Å². The Hall–Kier alpha value is -2.73. The Labute approximate surface area is 111 Å². The van der Waals surface area contributed by atoms with E-state index in [1.807, 2.05) is 0 Å². The number of carbonyl (C=O) groups excluding carboxylic acids is 4. The molecule has 106 valence electrons. The molecule has 0 N–H and O–H groups in total. The highest BCUT2D eigenvalue weighted by Gasteiger charge is 2.33. The van der Waals surface area contributed by atoms with Crippen LogP contribution in [-0.4, -0.2) is 44.5 Å².